The molecule has 0 bridgehead atoms. The van der Waals surface area contributed by atoms with E-state index in [1.54, 1.807) is 12.4 Å². The number of hydrogen-bond acceptors (Lipinski definition) is 2. The number of aliphatic imine (C=N–C) groups is 1. The van der Waals surface area contributed by atoms with Crippen LogP contribution in [0.4, 0.5) is 0 Å². The van der Waals surface area contributed by atoms with Crippen LogP contribution in [0.25, 0.3) is 0 Å². The largest absolute Gasteiger partial charge is 0.205 e. The van der Waals surface area contributed by atoms with Crippen LogP contribution in [-0.4, -0.2) is 6.21 Å². The first-order chi connectivity index (χ1) is 9.41. The molecular formula is C17H32N2. The van der Waals surface area contributed by atoms with Crippen molar-refractivity contribution in [2.45, 2.75) is 96.8 Å². The summed E-state index contributed by atoms with van der Waals surface area (Å²) >= 11 is 0. The van der Waals surface area contributed by atoms with Crippen molar-refractivity contribution in [3.8, 4) is 6.19 Å². The number of nitrogens with zero attached hydrogens (tertiary/aromatic N) is 2. The molecule has 0 aliphatic carbocycles. The highest BCUT2D eigenvalue weighted by Gasteiger charge is 1.93. The van der Waals surface area contributed by atoms with Crippen LogP contribution in [0, 0.1) is 11.5 Å². The minimum absolute atomic E-state index is 0.964. The van der Waals surface area contributed by atoms with E-state index in [1.165, 1.54) is 83.5 Å². The molecule has 0 unspecified atom stereocenters. The lowest BCUT2D eigenvalue weighted by Crippen LogP contribution is -1.83. The van der Waals surface area contributed by atoms with E-state index in [2.05, 4.69) is 11.9 Å². The van der Waals surface area contributed by atoms with Crippen molar-refractivity contribution in [2.24, 2.45) is 4.99 Å². The van der Waals surface area contributed by atoms with Gasteiger partial charge in [0.1, 0.15) is 0 Å². The first kappa shape index (κ1) is 18.2. The molecule has 2 heteroatoms. The molecule has 0 aromatic heterocycles. The molecule has 0 atom stereocenters. The van der Waals surface area contributed by atoms with Crippen molar-refractivity contribution < 1.29 is 0 Å². The quantitative estimate of drug-likeness (QED) is 0.215. The van der Waals surface area contributed by atoms with Gasteiger partial charge < -0.3 is 0 Å². The summed E-state index contributed by atoms with van der Waals surface area (Å²) in [6.07, 6.45) is 22.5. The van der Waals surface area contributed by atoms with Gasteiger partial charge >= 0.3 is 0 Å². The van der Waals surface area contributed by atoms with Gasteiger partial charge in [0.2, 0.25) is 6.19 Å². The first-order valence-electron chi connectivity index (χ1n) is 8.32. The van der Waals surface area contributed by atoms with Crippen LogP contribution < -0.4 is 0 Å². The van der Waals surface area contributed by atoms with Crippen LogP contribution in [0.3, 0.4) is 0 Å². The Morgan fingerprint density at radius 3 is 1.58 bits per heavy atom. The fourth-order valence-corrected chi connectivity index (χ4v) is 2.36. The minimum Gasteiger partial charge on any atom is -0.186 e. The first-order valence-corrected chi connectivity index (χ1v) is 8.32. The number of hydrogen-bond donors (Lipinski definition) is 0. The summed E-state index contributed by atoms with van der Waals surface area (Å²) in [5, 5.41) is 8.22. The Labute approximate surface area is 120 Å². The standard InChI is InChI=1S/C17H32N2/c1-2-3-4-5-6-7-8-9-10-11-12-13-14-15-16-19-17-18/h16H,2-15H2,1H3. The van der Waals surface area contributed by atoms with E-state index < -0.39 is 0 Å². The van der Waals surface area contributed by atoms with Gasteiger partial charge in [-0.3, -0.25) is 0 Å². The van der Waals surface area contributed by atoms with Crippen LogP contribution in [-0.2, 0) is 0 Å². The zero-order valence-electron chi connectivity index (χ0n) is 12.9. The second-order valence-corrected chi connectivity index (χ2v) is 5.44. The second-order valence-electron chi connectivity index (χ2n) is 5.44. The summed E-state index contributed by atoms with van der Waals surface area (Å²) in [4.78, 5) is 3.55. The monoisotopic (exact) mass is 264 g/mol. The van der Waals surface area contributed by atoms with E-state index in [0.717, 1.165) is 6.42 Å². The van der Waals surface area contributed by atoms with E-state index in [4.69, 9.17) is 5.26 Å². The molecule has 0 spiro atoms. The molecule has 0 aromatic rings. The number of unbranched alkanes of at least 4 members (excludes halogenated alkanes) is 13. The molecule has 2 nitrogen and oxygen atoms in total. The lowest BCUT2D eigenvalue weighted by molar-refractivity contribution is 0.541. The molecule has 110 valence electrons. The summed E-state index contributed by atoms with van der Waals surface area (Å²) in [7, 11) is 0. The van der Waals surface area contributed by atoms with Gasteiger partial charge in [0.15, 0.2) is 0 Å². The molecule has 0 aliphatic heterocycles. The van der Waals surface area contributed by atoms with Crippen molar-refractivity contribution in [2.75, 3.05) is 0 Å². The summed E-state index contributed by atoms with van der Waals surface area (Å²) < 4.78 is 0. The van der Waals surface area contributed by atoms with E-state index in [-0.39, 0.29) is 0 Å². The fraction of sp³-hybridized carbons (Fsp3) is 0.882. The molecule has 0 rings (SSSR count). The average molecular weight is 264 g/mol. The number of rotatable bonds is 14. The summed E-state index contributed by atoms with van der Waals surface area (Å²) in [5.41, 5.74) is 0. The lowest BCUT2D eigenvalue weighted by Gasteiger charge is -2.02. The van der Waals surface area contributed by atoms with Crippen LogP contribution in [0.15, 0.2) is 4.99 Å². The van der Waals surface area contributed by atoms with Crippen molar-refractivity contribution in [3.63, 3.8) is 0 Å². The highest BCUT2D eigenvalue weighted by molar-refractivity contribution is 5.58. The SMILES string of the molecule is CCCCCCCCCCCCCCCC=NC#N. The Balaban J connectivity index is 2.95. The third kappa shape index (κ3) is 17.2. The van der Waals surface area contributed by atoms with Gasteiger partial charge in [-0.1, -0.05) is 84.0 Å². The molecule has 0 saturated heterocycles. The topological polar surface area (TPSA) is 36.1 Å². The van der Waals surface area contributed by atoms with Gasteiger partial charge in [0.05, 0.1) is 0 Å². The molecule has 0 fully saturated rings. The van der Waals surface area contributed by atoms with Gasteiger partial charge in [-0.25, -0.2) is 0 Å². The van der Waals surface area contributed by atoms with Crippen molar-refractivity contribution in [3.05, 3.63) is 0 Å². The highest BCUT2D eigenvalue weighted by atomic mass is 14.7. The third-order valence-corrected chi connectivity index (χ3v) is 3.59. The van der Waals surface area contributed by atoms with E-state index in [9.17, 15) is 0 Å². The maximum Gasteiger partial charge on any atom is 0.205 e. The predicted molar refractivity (Wildman–Crippen MR) is 84.4 cm³/mol. The normalized spacial score (nSPS) is 10.9. The molecule has 0 radical (unpaired) electrons. The zero-order valence-corrected chi connectivity index (χ0v) is 12.9. The van der Waals surface area contributed by atoms with E-state index in [1.807, 2.05) is 0 Å². The predicted octanol–water partition coefficient (Wildman–Crippen LogP) is 6.02. The maximum atomic E-state index is 8.22. The second kappa shape index (κ2) is 17.2. The Hall–Kier alpha value is -0.840. The van der Waals surface area contributed by atoms with Gasteiger partial charge in [-0.15, -0.1) is 0 Å². The van der Waals surface area contributed by atoms with Crippen LogP contribution in [0.1, 0.15) is 96.8 Å². The summed E-state index contributed by atoms with van der Waals surface area (Å²) in [6.45, 7) is 2.27. The van der Waals surface area contributed by atoms with E-state index in [0.29, 0.717) is 0 Å². The number of nitriles is 1. The highest BCUT2D eigenvalue weighted by Crippen LogP contribution is 2.12. The maximum absolute atomic E-state index is 8.22. The lowest BCUT2D eigenvalue weighted by atomic mass is 10.0. The third-order valence-electron chi connectivity index (χ3n) is 3.59. The van der Waals surface area contributed by atoms with Gasteiger partial charge in [0, 0.05) is 6.21 Å². The minimum atomic E-state index is 0.964. The Morgan fingerprint density at radius 1 is 0.737 bits per heavy atom. The van der Waals surface area contributed by atoms with Crippen LogP contribution in [0.5, 0.6) is 0 Å². The molecule has 0 N–H and O–H groups in total. The zero-order chi connectivity index (χ0) is 14.0. The molecule has 0 aliphatic rings. The molecule has 19 heavy (non-hydrogen) atoms. The molecule has 0 aromatic carbocycles. The van der Waals surface area contributed by atoms with Crippen molar-refractivity contribution in [1.82, 2.24) is 0 Å². The van der Waals surface area contributed by atoms with Crippen LogP contribution in [0.2, 0.25) is 0 Å². The molecular weight excluding hydrogens is 232 g/mol. The fourth-order valence-electron chi connectivity index (χ4n) is 2.36. The van der Waals surface area contributed by atoms with Gasteiger partial charge in [-0.05, 0) is 12.8 Å². The van der Waals surface area contributed by atoms with Crippen molar-refractivity contribution >= 4 is 6.21 Å². The molecule has 0 saturated carbocycles. The Bertz CT molecular complexity index is 228. The molecule has 0 amide bonds. The van der Waals surface area contributed by atoms with Gasteiger partial charge in [-0.2, -0.15) is 10.3 Å². The summed E-state index contributed by atoms with van der Waals surface area (Å²) in [6, 6.07) is 0. The van der Waals surface area contributed by atoms with Crippen molar-refractivity contribution in [1.29, 1.82) is 5.26 Å². The smallest absolute Gasteiger partial charge is 0.186 e. The van der Waals surface area contributed by atoms with Crippen LogP contribution >= 0.6 is 0 Å². The summed E-state index contributed by atoms with van der Waals surface area (Å²) in [5.74, 6) is 0. The Morgan fingerprint density at radius 2 is 1.16 bits per heavy atom. The Kier molecular flexibility index (Phi) is 16.4. The van der Waals surface area contributed by atoms with E-state index >= 15 is 0 Å². The average Bonchev–Trinajstić information content (AvgIpc) is 2.43. The molecule has 0 heterocycles. The van der Waals surface area contributed by atoms with Gasteiger partial charge in [0.25, 0.3) is 0 Å².